The molecule has 2 N–H and O–H groups in total. The van der Waals surface area contributed by atoms with Crippen molar-refractivity contribution < 1.29 is 14.3 Å². The van der Waals surface area contributed by atoms with E-state index in [4.69, 9.17) is 9.47 Å². The van der Waals surface area contributed by atoms with Crippen molar-refractivity contribution >= 4 is 18.3 Å². The van der Waals surface area contributed by atoms with Gasteiger partial charge in [-0.15, -0.1) is 12.4 Å². The molecule has 154 valence electrons. The van der Waals surface area contributed by atoms with Crippen molar-refractivity contribution in [2.45, 2.75) is 65.0 Å². The molecular formula is C21H35ClN2O3. The van der Waals surface area contributed by atoms with Gasteiger partial charge in [0, 0.05) is 12.0 Å². The third-order valence-corrected chi connectivity index (χ3v) is 5.05. The number of benzene rings is 1. The van der Waals surface area contributed by atoms with Crippen LogP contribution in [-0.2, 0) is 4.79 Å². The van der Waals surface area contributed by atoms with Gasteiger partial charge in [0.25, 0.3) is 0 Å². The molecule has 1 amide bonds. The van der Waals surface area contributed by atoms with Crippen LogP contribution in [0.25, 0.3) is 0 Å². The van der Waals surface area contributed by atoms with Gasteiger partial charge in [0.1, 0.15) is 0 Å². The van der Waals surface area contributed by atoms with Crippen molar-refractivity contribution in [3.05, 3.63) is 23.8 Å². The molecule has 0 aliphatic carbocycles. The largest absolute Gasteiger partial charge is 0.493 e. The Labute approximate surface area is 170 Å². The normalized spacial score (nSPS) is 20.3. The predicted molar refractivity (Wildman–Crippen MR) is 112 cm³/mol. The number of carbonyl (C=O) groups excluding carboxylic acids is 1. The molecule has 1 aromatic carbocycles. The summed E-state index contributed by atoms with van der Waals surface area (Å²) in [4.78, 5) is 12.6. The van der Waals surface area contributed by atoms with Gasteiger partial charge in [-0.25, -0.2) is 0 Å². The van der Waals surface area contributed by atoms with Crippen LogP contribution in [0, 0.1) is 5.92 Å². The molecule has 2 rings (SSSR count). The van der Waals surface area contributed by atoms with Crippen molar-refractivity contribution in [3.8, 4) is 11.5 Å². The number of unbranched alkanes of at least 4 members (excludes halogenated alkanes) is 2. The lowest BCUT2D eigenvalue weighted by molar-refractivity contribution is -0.126. The Bertz CT molecular complexity index is 583. The van der Waals surface area contributed by atoms with Crippen LogP contribution >= 0.6 is 12.4 Å². The van der Waals surface area contributed by atoms with Crippen LogP contribution in [-0.4, -0.2) is 32.2 Å². The van der Waals surface area contributed by atoms with Gasteiger partial charge in [-0.3, -0.25) is 4.79 Å². The predicted octanol–water partition coefficient (Wildman–Crippen LogP) is 4.25. The lowest BCUT2D eigenvalue weighted by Crippen LogP contribution is -2.42. The number of amides is 1. The minimum Gasteiger partial charge on any atom is -0.493 e. The number of ether oxygens (including phenoxy) is 2. The summed E-state index contributed by atoms with van der Waals surface area (Å²) in [5.74, 6) is 1.72. The molecule has 0 spiro atoms. The summed E-state index contributed by atoms with van der Waals surface area (Å²) in [6, 6.07) is 6.25. The van der Waals surface area contributed by atoms with E-state index in [1.807, 2.05) is 25.1 Å². The summed E-state index contributed by atoms with van der Waals surface area (Å²) in [7, 11) is 1.65. The molecule has 0 bridgehead atoms. The molecule has 0 saturated carbocycles. The SMILES string of the molecule is CCCCCOc1ccc(C(C)NC(=O)[C@H]2CCN[C@@H](C)C2)cc1OC.Cl. The zero-order valence-corrected chi connectivity index (χ0v) is 17.9. The van der Waals surface area contributed by atoms with Crippen molar-refractivity contribution in [1.82, 2.24) is 10.6 Å². The minimum atomic E-state index is -0.0595. The molecule has 1 aliphatic heterocycles. The fraction of sp³-hybridized carbons (Fsp3) is 0.667. The highest BCUT2D eigenvalue weighted by atomic mass is 35.5. The van der Waals surface area contributed by atoms with E-state index in [0.717, 1.165) is 42.9 Å². The van der Waals surface area contributed by atoms with E-state index in [0.29, 0.717) is 12.6 Å². The molecule has 1 aromatic rings. The molecule has 1 fully saturated rings. The van der Waals surface area contributed by atoms with E-state index < -0.39 is 0 Å². The molecule has 1 unspecified atom stereocenters. The summed E-state index contributed by atoms with van der Waals surface area (Å²) in [6.07, 6.45) is 5.18. The number of halogens is 1. The monoisotopic (exact) mass is 398 g/mol. The van der Waals surface area contributed by atoms with Gasteiger partial charge in [-0.05, 0) is 57.4 Å². The molecule has 5 nitrogen and oxygen atoms in total. The first-order valence-electron chi connectivity index (χ1n) is 9.89. The second kappa shape index (κ2) is 12.1. The van der Waals surface area contributed by atoms with Crippen LogP contribution in [0.5, 0.6) is 11.5 Å². The van der Waals surface area contributed by atoms with E-state index in [1.54, 1.807) is 7.11 Å². The molecule has 3 atom stereocenters. The van der Waals surface area contributed by atoms with Gasteiger partial charge in [-0.1, -0.05) is 25.8 Å². The van der Waals surface area contributed by atoms with Gasteiger partial charge in [0.05, 0.1) is 19.8 Å². The number of hydrogen-bond acceptors (Lipinski definition) is 4. The van der Waals surface area contributed by atoms with Crippen molar-refractivity contribution in [2.75, 3.05) is 20.3 Å². The van der Waals surface area contributed by atoms with E-state index in [1.165, 1.54) is 12.8 Å². The van der Waals surface area contributed by atoms with Crippen LogP contribution in [0.15, 0.2) is 18.2 Å². The van der Waals surface area contributed by atoms with Gasteiger partial charge >= 0.3 is 0 Å². The standard InChI is InChI=1S/C21H34N2O3.ClH/c1-5-6-7-12-26-19-9-8-17(14-20(19)25-4)16(3)23-21(24)18-10-11-22-15(2)13-18;/h8-9,14-16,18,22H,5-7,10-13H2,1-4H3,(H,23,24);1H/t15-,16?,18-;/m0./s1. The summed E-state index contributed by atoms with van der Waals surface area (Å²) < 4.78 is 11.3. The average Bonchev–Trinajstić information content (AvgIpc) is 2.65. The number of carbonyl (C=O) groups is 1. The van der Waals surface area contributed by atoms with Gasteiger partial charge in [-0.2, -0.15) is 0 Å². The zero-order chi connectivity index (χ0) is 18.9. The Morgan fingerprint density at radius 2 is 2.11 bits per heavy atom. The Balaban J connectivity index is 0.00000364. The van der Waals surface area contributed by atoms with Crippen molar-refractivity contribution in [1.29, 1.82) is 0 Å². The van der Waals surface area contributed by atoms with Gasteiger partial charge in [0.15, 0.2) is 11.5 Å². The first kappa shape index (κ1) is 23.6. The molecule has 1 heterocycles. The Hall–Kier alpha value is -1.46. The van der Waals surface area contributed by atoms with Crippen LogP contribution in [0.3, 0.4) is 0 Å². The summed E-state index contributed by atoms with van der Waals surface area (Å²) in [5.41, 5.74) is 1.03. The fourth-order valence-corrected chi connectivity index (χ4v) is 3.39. The third-order valence-electron chi connectivity index (χ3n) is 5.05. The molecule has 27 heavy (non-hydrogen) atoms. The maximum Gasteiger partial charge on any atom is 0.223 e. The van der Waals surface area contributed by atoms with Gasteiger partial charge < -0.3 is 20.1 Å². The second-order valence-electron chi connectivity index (χ2n) is 7.27. The first-order chi connectivity index (χ1) is 12.5. The Kier molecular flexibility index (Phi) is 10.6. The van der Waals surface area contributed by atoms with Crippen LogP contribution in [0.1, 0.15) is 64.5 Å². The lowest BCUT2D eigenvalue weighted by atomic mass is 9.92. The number of hydrogen-bond donors (Lipinski definition) is 2. The minimum absolute atomic E-state index is 0. The fourth-order valence-electron chi connectivity index (χ4n) is 3.39. The maximum atomic E-state index is 12.6. The molecule has 0 radical (unpaired) electrons. The maximum absolute atomic E-state index is 12.6. The third kappa shape index (κ3) is 7.23. The van der Waals surface area contributed by atoms with E-state index in [2.05, 4.69) is 24.5 Å². The second-order valence-corrected chi connectivity index (χ2v) is 7.27. The zero-order valence-electron chi connectivity index (χ0n) is 17.0. The Morgan fingerprint density at radius 3 is 2.78 bits per heavy atom. The summed E-state index contributed by atoms with van der Waals surface area (Å²) in [5, 5.41) is 6.54. The van der Waals surface area contributed by atoms with E-state index in [-0.39, 0.29) is 30.3 Å². The van der Waals surface area contributed by atoms with E-state index in [9.17, 15) is 4.79 Å². The van der Waals surface area contributed by atoms with Crippen molar-refractivity contribution in [2.24, 2.45) is 5.92 Å². The number of piperidine rings is 1. The van der Waals surface area contributed by atoms with Crippen LogP contribution in [0.2, 0.25) is 0 Å². The molecule has 1 aliphatic rings. The molecule has 6 heteroatoms. The average molecular weight is 399 g/mol. The highest BCUT2D eigenvalue weighted by molar-refractivity contribution is 5.85. The Morgan fingerprint density at radius 1 is 1.33 bits per heavy atom. The van der Waals surface area contributed by atoms with E-state index >= 15 is 0 Å². The molecule has 1 saturated heterocycles. The smallest absolute Gasteiger partial charge is 0.223 e. The van der Waals surface area contributed by atoms with Crippen molar-refractivity contribution in [3.63, 3.8) is 0 Å². The quantitative estimate of drug-likeness (QED) is 0.610. The highest BCUT2D eigenvalue weighted by Gasteiger charge is 2.25. The molecular weight excluding hydrogens is 364 g/mol. The van der Waals surface area contributed by atoms with Crippen LogP contribution < -0.4 is 20.1 Å². The summed E-state index contributed by atoms with van der Waals surface area (Å²) >= 11 is 0. The first-order valence-corrected chi connectivity index (χ1v) is 9.89. The summed E-state index contributed by atoms with van der Waals surface area (Å²) in [6.45, 7) is 7.93. The highest BCUT2D eigenvalue weighted by Crippen LogP contribution is 2.31. The molecule has 0 aromatic heterocycles. The van der Waals surface area contributed by atoms with Crippen LogP contribution in [0.4, 0.5) is 0 Å². The number of methoxy groups -OCH3 is 1. The van der Waals surface area contributed by atoms with Gasteiger partial charge in [0.2, 0.25) is 5.91 Å². The number of rotatable bonds is 9. The lowest BCUT2D eigenvalue weighted by Gasteiger charge is -2.28. The topological polar surface area (TPSA) is 59.6 Å². The number of nitrogens with one attached hydrogen (secondary N) is 2.